The molecule has 0 fully saturated rings. The van der Waals surface area contributed by atoms with Crippen molar-refractivity contribution in [3.63, 3.8) is 0 Å². The summed E-state index contributed by atoms with van der Waals surface area (Å²) in [5.74, 6) is 0. The lowest BCUT2D eigenvalue weighted by molar-refractivity contribution is 0.619. The number of anilines is 1. The topological polar surface area (TPSA) is 15.3 Å². The van der Waals surface area contributed by atoms with E-state index >= 15 is 0 Å². The van der Waals surface area contributed by atoms with Gasteiger partial charge in [-0.2, -0.15) is 0 Å². The highest BCUT2D eigenvalue weighted by Crippen LogP contribution is 2.37. The Morgan fingerprint density at radius 1 is 1.32 bits per heavy atom. The van der Waals surface area contributed by atoms with Gasteiger partial charge in [0.15, 0.2) is 0 Å². The predicted molar refractivity (Wildman–Crippen MR) is 82.0 cm³/mol. The van der Waals surface area contributed by atoms with Gasteiger partial charge in [0.05, 0.1) is 0 Å². The Kier molecular flexibility index (Phi) is 3.61. The minimum absolute atomic E-state index is 0.383. The number of aryl methyl sites for hydroxylation is 1. The molecule has 0 bridgehead atoms. The van der Waals surface area contributed by atoms with Gasteiger partial charge in [-0.05, 0) is 55.8 Å². The van der Waals surface area contributed by atoms with Crippen LogP contribution < -0.4 is 10.2 Å². The summed E-state index contributed by atoms with van der Waals surface area (Å²) in [5, 5.41) is 3.33. The van der Waals surface area contributed by atoms with Gasteiger partial charge >= 0.3 is 0 Å². The third-order valence-electron chi connectivity index (χ3n) is 4.60. The van der Waals surface area contributed by atoms with Gasteiger partial charge in [-0.1, -0.05) is 18.2 Å². The number of nitrogens with zero attached hydrogens (tertiary/aromatic N) is 1. The Balaban J connectivity index is 1.98. The SMILES string of the molecule is C=CC(Cc1ccc2c3c1CCCN3CCC2)NC. The van der Waals surface area contributed by atoms with E-state index in [-0.39, 0.29) is 0 Å². The second-order valence-electron chi connectivity index (χ2n) is 5.74. The highest BCUT2D eigenvalue weighted by Gasteiger charge is 2.25. The van der Waals surface area contributed by atoms with E-state index in [4.69, 9.17) is 0 Å². The molecule has 102 valence electrons. The van der Waals surface area contributed by atoms with Crippen molar-refractivity contribution in [2.45, 2.75) is 38.1 Å². The summed E-state index contributed by atoms with van der Waals surface area (Å²) in [5.41, 5.74) is 6.29. The van der Waals surface area contributed by atoms with Gasteiger partial charge in [0.2, 0.25) is 0 Å². The summed E-state index contributed by atoms with van der Waals surface area (Å²) < 4.78 is 0. The maximum Gasteiger partial charge on any atom is 0.0434 e. The van der Waals surface area contributed by atoms with Crippen LogP contribution in [0, 0.1) is 0 Å². The predicted octanol–water partition coefficient (Wildman–Crippen LogP) is 2.70. The molecule has 1 aromatic carbocycles. The van der Waals surface area contributed by atoms with Crippen molar-refractivity contribution in [2.75, 3.05) is 25.0 Å². The molecule has 0 radical (unpaired) electrons. The lowest BCUT2D eigenvalue weighted by Crippen LogP contribution is -2.35. The van der Waals surface area contributed by atoms with E-state index < -0.39 is 0 Å². The molecule has 3 rings (SSSR count). The zero-order valence-electron chi connectivity index (χ0n) is 11.9. The Hall–Kier alpha value is -1.28. The summed E-state index contributed by atoms with van der Waals surface area (Å²) in [6.07, 6.45) is 8.22. The van der Waals surface area contributed by atoms with Crippen LogP contribution in [0.1, 0.15) is 29.5 Å². The zero-order valence-corrected chi connectivity index (χ0v) is 11.9. The van der Waals surface area contributed by atoms with Crippen molar-refractivity contribution in [3.05, 3.63) is 41.5 Å². The molecule has 2 heteroatoms. The average Bonchev–Trinajstić information content (AvgIpc) is 2.47. The summed E-state index contributed by atoms with van der Waals surface area (Å²) in [6.45, 7) is 6.43. The first-order valence-corrected chi connectivity index (χ1v) is 7.52. The standard InChI is InChI=1S/C17H24N2/c1-3-15(18-2)12-14-9-8-13-6-4-10-19-11-5-7-16(14)17(13)19/h3,8-9,15,18H,1,4-7,10-12H2,2H3. The van der Waals surface area contributed by atoms with Crippen molar-refractivity contribution in [1.82, 2.24) is 5.32 Å². The van der Waals surface area contributed by atoms with Gasteiger partial charge in [0.25, 0.3) is 0 Å². The summed E-state index contributed by atoms with van der Waals surface area (Å²) >= 11 is 0. The lowest BCUT2D eigenvalue weighted by Gasteiger charge is -2.38. The second kappa shape index (κ2) is 5.38. The van der Waals surface area contributed by atoms with Crippen LogP contribution in [0.3, 0.4) is 0 Å². The van der Waals surface area contributed by atoms with Crippen LogP contribution in [0.15, 0.2) is 24.8 Å². The smallest absolute Gasteiger partial charge is 0.0434 e. The minimum Gasteiger partial charge on any atom is -0.371 e. The van der Waals surface area contributed by atoms with Crippen molar-refractivity contribution in [2.24, 2.45) is 0 Å². The molecule has 0 saturated carbocycles. The lowest BCUT2D eigenvalue weighted by atomic mass is 9.87. The van der Waals surface area contributed by atoms with E-state index in [1.807, 2.05) is 13.1 Å². The third kappa shape index (κ3) is 2.30. The fraction of sp³-hybridized carbons (Fsp3) is 0.529. The maximum atomic E-state index is 3.93. The molecule has 1 aromatic rings. The van der Waals surface area contributed by atoms with Crippen molar-refractivity contribution in [1.29, 1.82) is 0 Å². The Morgan fingerprint density at radius 2 is 2.11 bits per heavy atom. The van der Waals surface area contributed by atoms with Crippen LogP contribution in [-0.4, -0.2) is 26.2 Å². The Bertz CT molecular complexity index is 476. The molecule has 2 nitrogen and oxygen atoms in total. The minimum atomic E-state index is 0.383. The van der Waals surface area contributed by atoms with Crippen LogP contribution >= 0.6 is 0 Å². The Morgan fingerprint density at radius 3 is 2.84 bits per heavy atom. The fourth-order valence-corrected chi connectivity index (χ4v) is 3.58. The first-order valence-electron chi connectivity index (χ1n) is 7.52. The van der Waals surface area contributed by atoms with Gasteiger partial charge < -0.3 is 10.2 Å². The van der Waals surface area contributed by atoms with E-state index in [2.05, 4.69) is 28.9 Å². The molecule has 0 aromatic heterocycles. The monoisotopic (exact) mass is 256 g/mol. The normalized spacial score (nSPS) is 18.9. The highest BCUT2D eigenvalue weighted by atomic mass is 15.1. The third-order valence-corrected chi connectivity index (χ3v) is 4.60. The molecule has 2 aliphatic rings. The molecule has 2 aliphatic heterocycles. The van der Waals surface area contributed by atoms with Crippen LogP contribution in [-0.2, 0) is 19.3 Å². The van der Waals surface area contributed by atoms with Gasteiger partial charge in [0.1, 0.15) is 0 Å². The molecule has 0 saturated heterocycles. The molecular formula is C17H24N2. The molecule has 2 heterocycles. The van der Waals surface area contributed by atoms with Crippen molar-refractivity contribution in [3.8, 4) is 0 Å². The second-order valence-corrected chi connectivity index (χ2v) is 5.74. The van der Waals surface area contributed by atoms with E-state index in [1.165, 1.54) is 44.3 Å². The molecular weight excluding hydrogens is 232 g/mol. The summed E-state index contributed by atoms with van der Waals surface area (Å²) in [4.78, 5) is 2.61. The number of hydrogen-bond acceptors (Lipinski definition) is 2. The first-order chi connectivity index (χ1) is 9.33. The maximum absolute atomic E-state index is 3.93. The number of nitrogens with one attached hydrogen (secondary N) is 1. The summed E-state index contributed by atoms with van der Waals surface area (Å²) in [6, 6.07) is 5.10. The molecule has 1 atom stereocenters. The molecule has 0 aliphatic carbocycles. The van der Waals surface area contributed by atoms with Crippen molar-refractivity contribution >= 4 is 5.69 Å². The van der Waals surface area contributed by atoms with Crippen LogP contribution in [0.25, 0.3) is 0 Å². The first kappa shape index (κ1) is 12.7. The van der Waals surface area contributed by atoms with Crippen LogP contribution in [0.2, 0.25) is 0 Å². The Labute approximate surface area is 116 Å². The average molecular weight is 256 g/mol. The highest BCUT2D eigenvalue weighted by molar-refractivity contribution is 5.65. The largest absolute Gasteiger partial charge is 0.371 e. The molecule has 1 unspecified atom stereocenters. The number of likely N-dealkylation sites (N-methyl/N-ethyl adjacent to an activating group) is 1. The van der Waals surface area contributed by atoms with Crippen LogP contribution in [0.4, 0.5) is 5.69 Å². The van der Waals surface area contributed by atoms with Crippen molar-refractivity contribution < 1.29 is 0 Å². The quantitative estimate of drug-likeness (QED) is 0.833. The zero-order chi connectivity index (χ0) is 13.2. The van der Waals surface area contributed by atoms with E-state index in [1.54, 1.807) is 16.8 Å². The fourth-order valence-electron chi connectivity index (χ4n) is 3.58. The van der Waals surface area contributed by atoms with Gasteiger partial charge in [-0.3, -0.25) is 0 Å². The number of hydrogen-bond donors (Lipinski definition) is 1. The van der Waals surface area contributed by atoms with Gasteiger partial charge in [-0.25, -0.2) is 0 Å². The van der Waals surface area contributed by atoms with Crippen LogP contribution in [0.5, 0.6) is 0 Å². The molecule has 19 heavy (non-hydrogen) atoms. The van der Waals surface area contributed by atoms with E-state index in [0.717, 1.165) is 6.42 Å². The van der Waals surface area contributed by atoms with E-state index in [0.29, 0.717) is 6.04 Å². The molecule has 0 spiro atoms. The van der Waals surface area contributed by atoms with Gasteiger partial charge in [0, 0.05) is 24.8 Å². The molecule has 1 N–H and O–H groups in total. The van der Waals surface area contributed by atoms with E-state index in [9.17, 15) is 0 Å². The molecule has 0 amide bonds. The number of rotatable bonds is 4. The summed E-state index contributed by atoms with van der Waals surface area (Å²) in [7, 11) is 2.02. The number of benzene rings is 1. The van der Waals surface area contributed by atoms with Gasteiger partial charge in [-0.15, -0.1) is 6.58 Å².